The summed E-state index contributed by atoms with van der Waals surface area (Å²) in [7, 11) is 0. The second-order valence-electron chi connectivity index (χ2n) is 5.42. The van der Waals surface area contributed by atoms with Crippen molar-refractivity contribution in [1.82, 2.24) is 5.32 Å². The molecule has 0 saturated heterocycles. The van der Waals surface area contributed by atoms with Crippen LogP contribution in [-0.4, -0.2) is 18.4 Å². The van der Waals surface area contributed by atoms with E-state index in [1.165, 1.54) is 0 Å². The average molecular weight is 331 g/mol. The maximum absolute atomic E-state index is 12.2. The molecule has 2 aromatic carbocycles. The van der Waals surface area contributed by atoms with Gasteiger partial charge in [-0.1, -0.05) is 48.0 Å². The number of carbonyl (C=O) groups is 2. The molecule has 0 spiro atoms. The highest BCUT2D eigenvalue weighted by atomic mass is 35.5. The molecule has 0 bridgehead atoms. The Morgan fingerprint density at radius 1 is 1.13 bits per heavy atom. The van der Waals surface area contributed by atoms with Crippen molar-refractivity contribution < 1.29 is 9.59 Å². The van der Waals surface area contributed by atoms with Gasteiger partial charge in [0, 0.05) is 17.1 Å². The number of aryl methyl sites for hydroxylation is 1. The molecular formula is C18H19ClN2O2. The number of halogens is 1. The first kappa shape index (κ1) is 17.0. The normalized spacial score (nSPS) is 11.7. The summed E-state index contributed by atoms with van der Waals surface area (Å²) in [6.45, 7) is 2.04. The fourth-order valence-electron chi connectivity index (χ4n) is 2.34. The van der Waals surface area contributed by atoms with Crippen LogP contribution >= 0.6 is 11.6 Å². The molecule has 2 aromatic rings. The van der Waals surface area contributed by atoms with Gasteiger partial charge in [0.15, 0.2) is 0 Å². The summed E-state index contributed by atoms with van der Waals surface area (Å²) < 4.78 is 0. The van der Waals surface area contributed by atoms with Crippen LogP contribution in [0.4, 0.5) is 0 Å². The van der Waals surface area contributed by atoms with Crippen molar-refractivity contribution in [3.8, 4) is 0 Å². The zero-order valence-electron chi connectivity index (χ0n) is 12.9. The second-order valence-corrected chi connectivity index (χ2v) is 5.83. The van der Waals surface area contributed by atoms with Crippen LogP contribution in [0.15, 0.2) is 48.5 Å². The molecule has 0 radical (unpaired) electrons. The van der Waals surface area contributed by atoms with Crippen molar-refractivity contribution in [3.63, 3.8) is 0 Å². The minimum Gasteiger partial charge on any atom is -0.369 e. The monoisotopic (exact) mass is 330 g/mol. The summed E-state index contributed by atoms with van der Waals surface area (Å²) in [5.41, 5.74) is 7.76. The number of amides is 2. The molecule has 1 atom stereocenters. The molecule has 120 valence electrons. The molecule has 2 rings (SSSR count). The highest BCUT2D eigenvalue weighted by molar-refractivity contribution is 6.31. The van der Waals surface area contributed by atoms with Crippen LogP contribution in [0.25, 0.3) is 0 Å². The first-order valence-corrected chi connectivity index (χ1v) is 7.73. The van der Waals surface area contributed by atoms with Crippen LogP contribution in [0.3, 0.4) is 0 Å². The Morgan fingerprint density at radius 3 is 2.43 bits per heavy atom. The average Bonchev–Trinajstić information content (AvgIpc) is 2.53. The maximum Gasteiger partial charge on any atom is 0.251 e. The zero-order valence-corrected chi connectivity index (χ0v) is 13.6. The minimum absolute atomic E-state index is 0.174. The maximum atomic E-state index is 12.2. The van der Waals surface area contributed by atoms with Gasteiger partial charge in [-0.2, -0.15) is 0 Å². The van der Waals surface area contributed by atoms with Crippen LogP contribution in [0.5, 0.6) is 0 Å². The first-order chi connectivity index (χ1) is 11.0. The molecule has 23 heavy (non-hydrogen) atoms. The van der Waals surface area contributed by atoms with Crippen molar-refractivity contribution in [2.45, 2.75) is 13.3 Å². The van der Waals surface area contributed by atoms with Crippen LogP contribution in [0, 0.1) is 12.8 Å². The van der Waals surface area contributed by atoms with Crippen molar-refractivity contribution >= 4 is 23.4 Å². The number of hydrogen-bond donors (Lipinski definition) is 2. The van der Waals surface area contributed by atoms with Gasteiger partial charge in [0.05, 0.1) is 5.92 Å². The van der Waals surface area contributed by atoms with Gasteiger partial charge >= 0.3 is 0 Å². The van der Waals surface area contributed by atoms with Gasteiger partial charge in [-0.05, 0) is 36.6 Å². The Bertz CT molecular complexity index is 716. The Kier molecular flexibility index (Phi) is 5.77. The largest absolute Gasteiger partial charge is 0.369 e. The molecule has 0 aliphatic rings. The molecule has 0 aliphatic heterocycles. The Labute approximate surface area is 140 Å². The van der Waals surface area contributed by atoms with Gasteiger partial charge in [0.1, 0.15) is 0 Å². The van der Waals surface area contributed by atoms with Gasteiger partial charge in [-0.25, -0.2) is 0 Å². The molecule has 0 saturated carbocycles. The highest BCUT2D eigenvalue weighted by Gasteiger charge is 2.19. The number of primary amides is 1. The highest BCUT2D eigenvalue weighted by Crippen LogP contribution is 2.18. The summed E-state index contributed by atoms with van der Waals surface area (Å²) in [5.74, 6) is -1.19. The minimum atomic E-state index is -0.511. The van der Waals surface area contributed by atoms with Gasteiger partial charge in [-0.3, -0.25) is 9.59 Å². The fourth-order valence-corrected chi connectivity index (χ4v) is 2.55. The standard InChI is InChI=1S/C18H19ClN2O2/c1-12-6-2-4-8-15(12)18(23)21-11-14(17(20)22)10-13-7-3-5-9-16(13)19/h2-9,14H,10-11H2,1H3,(H2,20,22)(H,21,23). The van der Waals surface area contributed by atoms with E-state index >= 15 is 0 Å². The van der Waals surface area contributed by atoms with E-state index in [4.69, 9.17) is 17.3 Å². The smallest absolute Gasteiger partial charge is 0.251 e. The molecule has 2 amide bonds. The summed E-state index contributed by atoms with van der Waals surface area (Å²) in [4.78, 5) is 23.9. The third kappa shape index (κ3) is 4.57. The molecule has 3 N–H and O–H groups in total. The molecule has 0 fully saturated rings. The fraction of sp³-hybridized carbons (Fsp3) is 0.222. The number of rotatable bonds is 6. The third-order valence-corrected chi connectivity index (χ3v) is 4.09. The number of nitrogens with one attached hydrogen (secondary N) is 1. The number of benzene rings is 2. The number of nitrogens with two attached hydrogens (primary N) is 1. The van der Waals surface area contributed by atoms with Gasteiger partial charge in [0.2, 0.25) is 5.91 Å². The summed E-state index contributed by atoms with van der Waals surface area (Å²) in [6, 6.07) is 14.6. The molecule has 0 aromatic heterocycles. The van der Waals surface area contributed by atoms with Crippen molar-refractivity contribution in [2.24, 2.45) is 11.7 Å². The van der Waals surface area contributed by atoms with Crippen LogP contribution < -0.4 is 11.1 Å². The Hall–Kier alpha value is -2.33. The summed E-state index contributed by atoms with van der Waals surface area (Å²) in [6.07, 6.45) is 0.392. The van der Waals surface area contributed by atoms with Gasteiger partial charge in [-0.15, -0.1) is 0 Å². The lowest BCUT2D eigenvalue weighted by Gasteiger charge is -2.16. The summed E-state index contributed by atoms with van der Waals surface area (Å²) in [5, 5.41) is 3.37. The van der Waals surface area contributed by atoms with Crippen LogP contribution in [0.1, 0.15) is 21.5 Å². The predicted octanol–water partition coefficient (Wildman–Crippen LogP) is 2.72. The molecule has 1 unspecified atom stereocenters. The van der Waals surface area contributed by atoms with E-state index in [1.54, 1.807) is 18.2 Å². The summed E-state index contributed by atoms with van der Waals surface area (Å²) >= 11 is 6.11. The van der Waals surface area contributed by atoms with E-state index in [0.29, 0.717) is 17.0 Å². The Morgan fingerprint density at radius 2 is 1.78 bits per heavy atom. The predicted molar refractivity (Wildman–Crippen MR) is 91.4 cm³/mol. The molecular weight excluding hydrogens is 312 g/mol. The van der Waals surface area contributed by atoms with Crippen molar-refractivity contribution in [1.29, 1.82) is 0 Å². The number of hydrogen-bond acceptors (Lipinski definition) is 2. The van der Waals surface area contributed by atoms with Crippen molar-refractivity contribution in [3.05, 3.63) is 70.2 Å². The van der Waals surface area contributed by atoms with E-state index in [9.17, 15) is 9.59 Å². The lowest BCUT2D eigenvalue weighted by atomic mass is 9.98. The van der Waals surface area contributed by atoms with Crippen LogP contribution in [-0.2, 0) is 11.2 Å². The van der Waals surface area contributed by atoms with E-state index in [2.05, 4.69) is 5.32 Å². The Balaban J connectivity index is 2.03. The molecule has 5 heteroatoms. The van der Waals surface area contributed by atoms with Gasteiger partial charge in [0.25, 0.3) is 5.91 Å². The van der Waals surface area contributed by atoms with E-state index in [1.807, 2.05) is 37.3 Å². The lowest BCUT2D eigenvalue weighted by Crippen LogP contribution is -2.37. The molecule has 0 heterocycles. The van der Waals surface area contributed by atoms with Crippen molar-refractivity contribution in [2.75, 3.05) is 6.54 Å². The van der Waals surface area contributed by atoms with Gasteiger partial charge < -0.3 is 11.1 Å². The van der Waals surface area contributed by atoms with E-state index in [-0.39, 0.29) is 12.5 Å². The topological polar surface area (TPSA) is 72.2 Å². The lowest BCUT2D eigenvalue weighted by molar-refractivity contribution is -0.121. The quantitative estimate of drug-likeness (QED) is 0.854. The second kappa shape index (κ2) is 7.79. The van der Waals surface area contributed by atoms with E-state index < -0.39 is 11.8 Å². The zero-order chi connectivity index (χ0) is 16.8. The third-order valence-electron chi connectivity index (χ3n) is 3.73. The van der Waals surface area contributed by atoms with Crippen LogP contribution in [0.2, 0.25) is 5.02 Å². The SMILES string of the molecule is Cc1ccccc1C(=O)NCC(Cc1ccccc1Cl)C(N)=O. The first-order valence-electron chi connectivity index (χ1n) is 7.35. The number of carbonyl (C=O) groups excluding carboxylic acids is 2. The molecule has 0 aliphatic carbocycles. The molecule has 4 nitrogen and oxygen atoms in total. The van der Waals surface area contributed by atoms with E-state index in [0.717, 1.165) is 11.1 Å².